The van der Waals surface area contributed by atoms with Crippen molar-refractivity contribution >= 4 is 5.91 Å². The summed E-state index contributed by atoms with van der Waals surface area (Å²) in [5.41, 5.74) is 4.71. The van der Waals surface area contributed by atoms with Crippen LogP contribution in [0, 0.1) is 18.3 Å². The highest BCUT2D eigenvalue weighted by atomic mass is 16.2. The molecule has 5 heteroatoms. The van der Waals surface area contributed by atoms with E-state index in [0.29, 0.717) is 0 Å². The Labute approximate surface area is 199 Å². The van der Waals surface area contributed by atoms with E-state index in [9.17, 15) is 4.79 Å². The lowest BCUT2D eigenvalue weighted by atomic mass is 9.74. The van der Waals surface area contributed by atoms with Gasteiger partial charge in [-0.3, -0.25) is 9.78 Å². The minimum Gasteiger partial charge on any atom is -0.356 e. The Morgan fingerprint density at radius 2 is 1.82 bits per heavy atom. The highest BCUT2D eigenvalue weighted by Gasteiger charge is 2.36. The number of hydrogen-bond donors (Lipinski definition) is 1. The minimum absolute atomic E-state index is 0.205. The number of nitrogens with zero attached hydrogens (tertiary/aromatic N) is 3. The van der Waals surface area contributed by atoms with E-state index in [4.69, 9.17) is 0 Å². The number of aryl methyl sites for hydroxylation is 1. The maximum absolute atomic E-state index is 13.5. The number of aromatic nitrogens is 3. The largest absolute Gasteiger partial charge is 0.356 e. The summed E-state index contributed by atoms with van der Waals surface area (Å²) in [7, 11) is 0. The molecule has 1 N–H and O–H groups in total. The van der Waals surface area contributed by atoms with Gasteiger partial charge < -0.3 is 5.32 Å². The Morgan fingerprint density at radius 3 is 2.58 bits per heavy atom. The summed E-state index contributed by atoms with van der Waals surface area (Å²) in [4.78, 5) is 18.0. The van der Waals surface area contributed by atoms with Crippen LogP contribution in [-0.4, -0.2) is 27.6 Å². The third kappa shape index (κ3) is 5.99. The van der Waals surface area contributed by atoms with Gasteiger partial charge in [0.2, 0.25) is 5.91 Å². The van der Waals surface area contributed by atoms with E-state index >= 15 is 0 Å². The van der Waals surface area contributed by atoms with Gasteiger partial charge in [-0.1, -0.05) is 64.4 Å². The first-order chi connectivity index (χ1) is 16.1. The summed E-state index contributed by atoms with van der Waals surface area (Å²) in [5.74, 6) is 0.978. The molecule has 1 fully saturated rings. The van der Waals surface area contributed by atoms with Crippen LogP contribution in [0.15, 0.2) is 24.4 Å². The van der Waals surface area contributed by atoms with Crippen LogP contribution in [0.5, 0.6) is 0 Å². The summed E-state index contributed by atoms with van der Waals surface area (Å²) in [5, 5.41) is 12.3. The molecular weight excluding hydrogens is 408 g/mol. The van der Waals surface area contributed by atoms with Crippen molar-refractivity contribution in [2.45, 2.75) is 97.3 Å². The monoisotopic (exact) mass is 448 g/mol. The summed E-state index contributed by atoms with van der Waals surface area (Å²) in [6.45, 7) is 4.98. The van der Waals surface area contributed by atoms with Gasteiger partial charge in [-0.15, -0.1) is 5.10 Å². The maximum Gasteiger partial charge on any atom is 0.226 e. The van der Waals surface area contributed by atoms with Crippen LogP contribution in [0.25, 0.3) is 11.4 Å². The fraction of sp³-hybridized carbons (Fsp3) is 0.643. The second-order valence-corrected chi connectivity index (χ2v) is 10.5. The van der Waals surface area contributed by atoms with Crippen molar-refractivity contribution in [2.75, 3.05) is 6.54 Å². The van der Waals surface area contributed by atoms with Gasteiger partial charge >= 0.3 is 0 Å². The zero-order chi connectivity index (χ0) is 23.1. The molecule has 1 atom stereocenters. The summed E-state index contributed by atoms with van der Waals surface area (Å²) >= 11 is 0. The molecule has 178 valence electrons. The van der Waals surface area contributed by atoms with Crippen molar-refractivity contribution in [2.24, 2.45) is 11.3 Å². The van der Waals surface area contributed by atoms with Crippen LogP contribution < -0.4 is 5.32 Å². The molecular formula is C28H40N4O. The number of hydrogen-bond acceptors (Lipinski definition) is 4. The molecule has 0 bridgehead atoms. The predicted octanol–water partition coefficient (Wildman–Crippen LogP) is 5.99. The molecule has 0 aromatic carbocycles. The molecule has 4 rings (SSSR count). The van der Waals surface area contributed by atoms with Crippen molar-refractivity contribution in [3.05, 3.63) is 41.2 Å². The van der Waals surface area contributed by atoms with Crippen LogP contribution in [0.2, 0.25) is 0 Å². The Balaban J connectivity index is 1.48. The third-order valence-electron chi connectivity index (χ3n) is 7.88. The highest BCUT2D eigenvalue weighted by Crippen LogP contribution is 2.37. The molecule has 0 radical (unpaired) electrons. The van der Waals surface area contributed by atoms with E-state index < -0.39 is 5.41 Å². The normalized spacial score (nSPS) is 22.4. The second-order valence-electron chi connectivity index (χ2n) is 10.5. The molecule has 2 heterocycles. The standard InChI is InChI=1S/C28H40N4O/c1-21-24-20-28(2,27(33)30-19-16-22-12-6-4-3-5-7-13-22)17-10-8-14-23(24)26(32-31-21)25-15-9-11-18-29-25/h9,11,15,18,22H,3-8,10,12-14,16-17,19-20H2,1-2H3,(H,30,33). The van der Waals surface area contributed by atoms with Crippen molar-refractivity contribution in [1.29, 1.82) is 0 Å². The number of carbonyl (C=O) groups excluding carboxylic acids is 1. The Hall–Kier alpha value is -2.30. The van der Waals surface area contributed by atoms with Crippen LogP contribution in [-0.2, 0) is 17.6 Å². The van der Waals surface area contributed by atoms with Crippen molar-refractivity contribution in [3.63, 3.8) is 0 Å². The molecule has 0 saturated heterocycles. The van der Waals surface area contributed by atoms with E-state index in [1.807, 2.05) is 25.1 Å². The smallest absolute Gasteiger partial charge is 0.226 e. The number of carbonyl (C=O) groups is 1. The predicted molar refractivity (Wildman–Crippen MR) is 133 cm³/mol. The Morgan fingerprint density at radius 1 is 1.03 bits per heavy atom. The molecule has 1 unspecified atom stereocenters. The molecule has 0 spiro atoms. The number of amides is 1. The fourth-order valence-electron chi connectivity index (χ4n) is 5.74. The first kappa shape index (κ1) is 23.8. The minimum atomic E-state index is -0.411. The topological polar surface area (TPSA) is 67.8 Å². The molecule has 1 saturated carbocycles. The highest BCUT2D eigenvalue weighted by molar-refractivity contribution is 5.82. The van der Waals surface area contributed by atoms with Crippen molar-refractivity contribution in [1.82, 2.24) is 20.5 Å². The van der Waals surface area contributed by atoms with Gasteiger partial charge in [-0.05, 0) is 68.2 Å². The van der Waals surface area contributed by atoms with E-state index in [1.165, 1.54) is 56.1 Å². The van der Waals surface area contributed by atoms with Gasteiger partial charge in [0.15, 0.2) is 0 Å². The quantitative estimate of drug-likeness (QED) is 0.610. The summed E-state index contributed by atoms with van der Waals surface area (Å²) in [6, 6.07) is 5.92. The molecule has 2 aromatic rings. The summed E-state index contributed by atoms with van der Waals surface area (Å²) in [6.07, 6.45) is 17.2. The lowest BCUT2D eigenvalue weighted by Crippen LogP contribution is -2.42. The van der Waals surface area contributed by atoms with Gasteiger partial charge in [-0.25, -0.2) is 0 Å². The molecule has 5 nitrogen and oxygen atoms in total. The molecule has 2 aromatic heterocycles. The lowest BCUT2D eigenvalue weighted by Gasteiger charge is -2.32. The fourth-order valence-corrected chi connectivity index (χ4v) is 5.74. The number of pyridine rings is 1. The van der Waals surface area contributed by atoms with Crippen molar-refractivity contribution in [3.8, 4) is 11.4 Å². The Kier molecular flexibility index (Phi) is 8.11. The van der Waals surface area contributed by atoms with Gasteiger partial charge in [0.1, 0.15) is 5.69 Å². The maximum atomic E-state index is 13.5. The first-order valence-corrected chi connectivity index (χ1v) is 13.1. The molecule has 0 aliphatic heterocycles. The average Bonchev–Trinajstić information content (AvgIpc) is 2.79. The third-order valence-corrected chi connectivity index (χ3v) is 7.88. The first-order valence-electron chi connectivity index (χ1n) is 13.1. The van der Waals surface area contributed by atoms with Crippen LogP contribution in [0.1, 0.15) is 94.4 Å². The number of rotatable bonds is 5. The second kappa shape index (κ2) is 11.2. The molecule has 1 amide bonds. The number of nitrogens with one attached hydrogen (secondary N) is 1. The van der Waals surface area contributed by atoms with Gasteiger partial charge in [-0.2, -0.15) is 5.10 Å². The molecule has 2 aliphatic rings. The number of fused-ring (bicyclic) bond motifs is 1. The van der Waals surface area contributed by atoms with Crippen LogP contribution >= 0.6 is 0 Å². The van der Waals surface area contributed by atoms with Gasteiger partial charge in [0.25, 0.3) is 0 Å². The van der Waals surface area contributed by atoms with Crippen LogP contribution in [0.4, 0.5) is 0 Å². The van der Waals surface area contributed by atoms with Gasteiger partial charge in [0, 0.05) is 12.7 Å². The Bertz CT molecular complexity index is 921. The van der Waals surface area contributed by atoms with Crippen LogP contribution in [0.3, 0.4) is 0 Å². The summed E-state index contributed by atoms with van der Waals surface area (Å²) < 4.78 is 0. The molecule has 2 aliphatic carbocycles. The average molecular weight is 449 g/mol. The van der Waals surface area contributed by atoms with E-state index in [1.54, 1.807) is 6.20 Å². The van der Waals surface area contributed by atoms with E-state index in [-0.39, 0.29) is 5.91 Å². The molecule has 33 heavy (non-hydrogen) atoms. The van der Waals surface area contributed by atoms with Crippen molar-refractivity contribution < 1.29 is 4.79 Å². The van der Waals surface area contributed by atoms with Gasteiger partial charge in [0.05, 0.1) is 16.8 Å². The SMILES string of the molecule is Cc1nnc(-c2ccccn2)c2c1CC(C)(C(=O)NCCC1CCCCCCC1)CCCC2. The lowest BCUT2D eigenvalue weighted by molar-refractivity contribution is -0.130. The van der Waals surface area contributed by atoms with E-state index in [2.05, 4.69) is 27.4 Å². The van der Waals surface area contributed by atoms with E-state index in [0.717, 1.165) is 68.1 Å². The zero-order valence-corrected chi connectivity index (χ0v) is 20.5. The zero-order valence-electron chi connectivity index (χ0n) is 20.5.